The molecule has 0 spiro atoms. The summed E-state index contributed by atoms with van der Waals surface area (Å²) in [4.78, 5) is 0. The van der Waals surface area contributed by atoms with E-state index in [1.165, 1.54) is 30.3 Å². The van der Waals surface area contributed by atoms with Crippen molar-refractivity contribution in [3.05, 3.63) is 59.9 Å². The molecule has 0 radical (unpaired) electrons. The van der Waals surface area contributed by atoms with Crippen LogP contribution in [0.15, 0.2) is 48.5 Å². The van der Waals surface area contributed by atoms with Crippen molar-refractivity contribution in [2.45, 2.75) is 6.18 Å². The van der Waals surface area contributed by atoms with Crippen LogP contribution in [-0.4, -0.2) is 5.11 Å². The highest BCUT2D eigenvalue weighted by Crippen LogP contribution is 2.30. The molecule has 21 heavy (non-hydrogen) atoms. The average molecular weight is 314 g/mol. The first-order chi connectivity index (χ1) is 9.84. The molecule has 110 valence electrons. The van der Waals surface area contributed by atoms with Crippen molar-refractivity contribution in [1.29, 1.82) is 0 Å². The van der Waals surface area contributed by atoms with Crippen LogP contribution < -0.4 is 10.6 Å². The predicted octanol–water partition coefficient (Wildman–Crippen LogP) is 4.65. The van der Waals surface area contributed by atoms with E-state index < -0.39 is 17.6 Å². The molecule has 0 aliphatic carbocycles. The maximum absolute atomic E-state index is 13.0. The van der Waals surface area contributed by atoms with Crippen LogP contribution >= 0.6 is 12.2 Å². The summed E-state index contributed by atoms with van der Waals surface area (Å²) in [6, 6.07) is 10.2. The molecule has 2 aromatic rings. The van der Waals surface area contributed by atoms with E-state index in [-0.39, 0.29) is 10.8 Å². The monoisotopic (exact) mass is 314 g/mol. The van der Waals surface area contributed by atoms with Crippen LogP contribution in [0.3, 0.4) is 0 Å². The fourth-order valence-electron chi connectivity index (χ4n) is 1.63. The van der Waals surface area contributed by atoms with Crippen molar-refractivity contribution in [1.82, 2.24) is 0 Å². The molecule has 0 saturated carbocycles. The van der Waals surface area contributed by atoms with Crippen molar-refractivity contribution in [2.75, 3.05) is 10.6 Å². The highest BCUT2D eigenvalue weighted by Gasteiger charge is 2.30. The second-order valence-corrected chi connectivity index (χ2v) is 4.58. The van der Waals surface area contributed by atoms with Gasteiger partial charge in [0, 0.05) is 11.4 Å². The minimum atomic E-state index is -4.42. The SMILES string of the molecule is Fc1cccc(NC(=S)Nc2cccc(C(F)(F)F)c2)c1. The largest absolute Gasteiger partial charge is 0.416 e. The summed E-state index contributed by atoms with van der Waals surface area (Å²) in [6.45, 7) is 0. The first-order valence-corrected chi connectivity index (χ1v) is 6.26. The van der Waals surface area contributed by atoms with E-state index in [1.807, 2.05) is 0 Å². The number of alkyl halides is 3. The molecule has 0 aliphatic heterocycles. The Morgan fingerprint density at radius 1 is 0.905 bits per heavy atom. The number of thiocarbonyl (C=S) groups is 1. The smallest absolute Gasteiger partial charge is 0.332 e. The van der Waals surface area contributed by atoms with E-state index in [1.54, 1.807) is 6.07 Å². The summed E-state index contributed by atoms with van der Waals surface area (Å²) >= 11 is 4.97. The molecule has 0 saturated heterocycles. The zero-order chi connectivity index (χ0) is 15.5. The van der Waals surface area contributed by atoms with Gasteiger partial charge in [-0.3, -0.25) is 0 Å². The molecule has 2 aromatic carbocycles. The van der Waals surface area contributed by atoms with Gasteiger partial charge in [-0.1, -0.05) is 12.1 Å². The van der Waals surface area contributed by atoms with Gasteiger partial charge in [0.2, 0.25) is 0 Å². The Hall–Kier alpha value is -2.15. The normalized spacial score (nSPS) is 11.0. The highest BCUT2D eigenvalue weighted by atomic mass is 32.1. The Bertz CT molecular complexity index is 655. The Morgan fingerprint density at radius 3 is 2.05 bits per heavy atom. The van der Waals surface area contributed by atoms with E-state index in [0.717, 1.165) is 12.1 Å². The van der Waals surface area contributed by atoms with E-state index in [4.69, 9.17) is 12.2 Å². The van der Waals surface area contributed by atoms with Crippen LogP contribution in [0, 0.1) is 5.82 Å². The molecule has 7 heteroatoms. The summed E-state index contributed by atoms with van der Waals surface area (Å²) in [5.74, 6) is -0.443. The van der Waals surface area contributed by atoms with Crippen molar-refractivity contribution in [3.63, 3.8) is 0 Å². The first-order valence-electron chi connectivity index (χ1n) is 5.85. The maximum atomic E-state index is 13.0. The van der Waals surface area contributed by atoms with E-state index in [2.05, 4.69) is 10.6 Å². The third-order valence-electron chi connectivity index (χ3n) is 2.53. The lowest BCUT2D eigenvalue weighted by molar-refractivity contribution is -0.137. The quantitative estimate of drug-likeness (QED) is 0.623. The molecule has 0 aliphatic rings. The number of hydrogen-bond acceptors (Lipinski definition) is 1. The second-order valence-electron chi connectivity index (χ2n) is 4.17. The average Bonchev–Trinajstić information content (AvgIpc) is 2.37. The number of anilines is 2. The Morgan fingerprint density at radius 2 is 1.48 bits per heavy atom. The lowest BCUT2D eigenvalue weighted by atomic mass is 10.2. The molecule has 0 bridgehead atoms. The highest BCUT2D eigenvalue weighted by molar-refractivity contribution is 7.80. The van der Waals surface area contributed by atoms with Gasteiger partial charge in [0.05, 0.1) is 5.56 Å². The lowest BCUT2D eigenvalue weighted by Gasteiger charge is -2.12. The molecule has 0 heterocycles. The van der Waals surface area contributed by atoms with Crippen LogP contribution in [-0.2, 0) is 6.18 Å². The number of halogens is 4. The number of nitrogens with one attached hydrogen (secondary N) is 2. The van der Waals surface area contributed by atoms with Gasteiger partial charge in [0.1, 0.15) is 5.82 Å². The summed E-state index contributed by atoms with van der Waals surface area (Å²) < 4.78 is 50.7. The van der Waals surface area contributed by atoms with Crippen LogP contribution in [0.5, 0.6) is 0 Å². The van der Waals surface area contributed by atoms with Gasteiger partial charge in [0.25, 0.3) is 0 Å². The van der Waals surface area contributed by atoms with Crippen molar-refractivity contribution < 1.29 is 17.6 Å². The summed E-state index contributed by atoms with van der Waals surface area (Å²) in [5, 5.41) is 5.38. The zero-order valence-corrected chi connectivity index (χ0v) is 11.4. The fraction of sp³-hybridized carbons (Fsp3) is 0.0714. The molecule has 2 nitrogen and oxygen atoms in total. The molecule has 2 N–H and O–H groups in total. The number of rotatable bonds is 2. The molecule has 0 aromatic heterocycles. The fourth-order valence-corrected chi connectivity index (χ4v) is 1.87. The molecular formula is C14H10F4N2S. The third kappa shape index (κ3) is 4.42. The molecule has 0 fully saturated rings. The van der Waals surface area contributed by atoms with Crippen molar-refractivity contribution in [3.8, 4) is 0 Å². The number of hydrogen-bond donors (Lipinski definition) is 2. The van der Waals surface area contributed by atoms with Crippen LogP contribution in [0.25, 0.3) is 0 Å². The molecule has 0 unspecified atom stereocenters. The molecule has 2 rings (SSSR count). The number of benzene rings is 2. The summed E-state index contributed by atoms with van der Waals surface area (Å²) in [7, 11) is 0. The van der Waals surface area contributed by atoms with Gasteiger partial charge in [-0.15, -0.1) is 0 Å². The summed E-state index contributed by atoms with van der Waals surface area (Å²) in [5.41, 5.74) is -0.181. The zero-order valence-electron chi connectivity index (χ0n) is 10.5. The van der Waals surface area contributed by atoms with Gasteiger partial charge in [-0.25, -0.2) is 4.39 Å². The van der Waals surface area contributed by atoms with E-state index in [0.29, 0.717) is 5.69 Å². The van der Waals surface area contributed by atoms with Gasteiger partial charge >= 0.3 is 6.18 Å². The minimum Gasteiger partial charge on any atom is -0.332 e. The minimum absolute atomic E-state index is 0.0694. The standard InChI is InChI=1S/C14H10F4N2S/c15-10-4-2-6-12(8-10)20-13(21)19-11-5-1-3-9(7-11)14(16,17)18/h1-8H,(H2,19,20,21). The van der Waals surface area contributed by atoms with E-state index >= 15 is 0 Å². The van der Waals surface area contributed by atoms with Gasteiger partial charge in [-0.05, 0) is 48.6 Å². The predicted molar refractivity (Wildman–Crippen MR) is 77.7 cm³/mol. The van der Waals surface area contributed by atoms with Crippen LogP contribution in [0.1, 0.15) is 5.56 Å². The van der Waals surface area contributed by atoms with Crippen LogP contribution in [0.2, 0.25) is 0 Å². The maximum Gasteiger partial charge on any atom is 0.416 e. The summed E-state index contributed by atoms with van der Waals surface area (Å²) in [6.07, 6.45) is -4.42. The Kier molecular flexibility index (Phi) is 4.42. The van der Waals surface area contributed by atoms with E-state index in [9.17, 15) is 17.6 Å². The van der Waals surface area contributed by atoms with Gasteiger partial charge in [-0.2, -0.15) is 13.2 Å². The Balaban J connectivity index is 2.06. The Labute approximate surface area is 123 Å². The van der Waals surface area contributed by atoms with Crippen LogP contribution in [0.4, 0.5) is 28.9 Å². The first kappa shape index (κ1) is 15.2. The van der Waals surface area contributed by atoms with Gasteiger partial charge in [0.15, 0.2) is 5.11 Å². The molecule has 0 atom stereocenters. The second kappa shape index (κ2) is 6.09. The molecule has 0 amide bonds. The topological polar surface area (TPSA) is 24.1 Å². The third-order valence-corrected chi connectivity index (χ3v) is 2.73. The van der Waals surface area contributed by atoms with Crippen molar-refractivity contribution >= 4 is 28.7 Å². The lowest BCUT2D eigenvalue weighted by Crippen LogP contribution is -2.19. The van der Waals surface area contributed by atoms with Crippen molar-refractivity contribution in [2.24, 2.45) is 0 Å². The van der Waals surface area contributed by atoms with Gasteiger partial charge < -0.3 is 10.6 Å². The molecular weight excluding hydrogens is 304 g/mol.